The van der Waals surface area contributed by atoms with Crippen molar-refractivity contribution in [3.05, 3.63) is 59.5 Å². The van der Waals surface area contributed by atoms with Crippen LogP contribution < -0.4 is 5.32 Å². The van der Waals surface area contributed by atoms with Crippen LogP contribution in [0, 0.1) is 6.92 Å². The van der Waals surface area contributed by atoms with Crippen molar-refractivity contribution in [3.8, 4) is 11.3 Å². The van der Waals surface area contributed by atoms with Gasteiger partial charge in [0.2, 0.25) is 0 Å². The third-order valence-corrected chi connectivity index (χ3v) is 4.13. The summed E-state index contributed by atoms with van der Waals surface area (Å²) in [6, 6.07) is 12.5. The first-order chi connectivity index (χ1) is 11.7. The third kappa shape index (κ3) is 3.51. The lowest BCUT2D eigenvalue weighted by Crippen LogP contribution is -2.10. The minimum absolute atomic E-state index is 0.0470. The van der Waals surface area contributed by atoms with Crippen LogP contribution in [0.4, 0.5) is 5.82 Å². The van der Waals surface area contributed by atoms with E-state index in [2.05, 4.69) is 41.6 Å². The Morgan fingerprint density at radius 2 is 1.92 bits per heavy atom. The molecule has 24 heavy (non-hydrogen) atoms. The first-order valence-corrected chi connectivity index (χ1v) is 8.26. The molecule has 2 aromatic heterocycles. The van der Waals surface area contributed by atoms with E-state index >= 15 is 0 Å². The molecule has 0 aliphatic carbocycles. The highest BCUT2D eigenvalue weighted by atomic mass is 16.3. The van der Waals surface area contributed by atoms with Crippen LogP contribution in [0.5, 0.6) is 0 Å². The molecule has 0 aliphatic rings. The number of benzene rings is 1. The van der Waals surface area contributed by atoms with Gasteiger partial charge in [-0.2, -0.15) is 5.10 Å². The van der Waals surface area contributed by atoms with E-state index in [0.29, 0.717) is 13.1 Å². The van der Waals surface area contributed by atoms with Gasteiger partial charge < -0.3 is 14.8 Å². The summed E-state index contributed by atoms with van der Waals surface area (Å²) in [6.07, 6.45) is 2.71. The standard InChI is InChI=1S/C19H23N3O2/c1-3-15-4-6-16(7-5-15)13-20-19-12-18(21-22(19)9-10-23)17-8-11-24-14(17)2/h4-8,11-12,20,23H,3,9-10,13H2,1-2H3. The molecule has 0 atom stereocenters. The van der Waals surface area contributed by atoms with Crippen LogP contribution in [0.1, 0.15) is 23.8 Å². The number of aryl methyl sites for hydroxylation is 2. The van der Waals surface area contributed by atoms with E-state index in [1.54, 1.807) is 10.9 Å². The number of aromatic nitrogens is 2. The molecule has 0 radical (unpaired) electrons. The Bertz CT molecular complexity index is 787. The van der Waals surface area contributed by atoms with Crippen LogP contribution in [0.3, 0.4) is 0 Å². The van der Waals surface area contributed by atoms with E-state index in [-0.39, 0.29) is 6.61 Å². The van der Waals surface area contributed by atoms with Crippen molar-refractivity contribution in [2.75, 3.05) is 11.9 Å². The topological polar surface area (TPSA) is 63.2 Å². The van der Waals surface area contributed by atoms with Gasteiger partial charge in [-0.05, 0) is 30.5 Å². The van der Waals surface area contributed by atoms with Crippen molar-refractivity contribution in [3.63, 3.8) is 0 Å². The number of aliphatic hydroxyl groups is 1. The number of anilines is 1. The molecule has 0 spiro atoms. The SMILES string of the molecule is CCc1ccc(CNc2cc(-c3ccoc3C)nn2CCO)cc1. The van der Waals surface area contributed by atoms with Gasteiger partial charge in [0.15, 0.2) is 0 Å². The summed E-state index contributed by atoms with van der Waals surface area (Å²) >= 11 is 0. The largest absolute Gasteiger partial charge is 0.469 e. The van der Waals surface area contributed by atoms with Crippen molar-refractivity contribution >= 4 is 5.82 Å². The van der Waals surface area contributed by atoms with E-state index in [0.717, 1.165) is 29.3 Å². The molecule has 5 nitrogen and oxygen atoms in total. The van der Waals surface area contributed by atoms with Crippen LogP contribution in [0.2, 0.25) is 0 Å². The zero-order valence-corrected chi connectivity index (χ0v) is 14.1. The number of nitrogens with zero attached hydrogens (tertiary/aromatic N) is 2. The Morgan fingerprint density at radius 3 is 2.54 bits per heavy atom. The van der Waals surface area contributed by atoms with Crippen LogP contribution >= 0.6 is 0 Å². The second kappa shape index (κ2) is 7.36. The Hall–Kier alpha value is -2.53. The molecule has 2 heterocycles. The number of furan rings is 1. The fraction of sp³-hybridized carbons (Fsp3) is 0.316. The third-order valence-electron chi connectivity index (χ3n) is 4.13. The monoisotopic (exact) mass is 325 g/mol. The number of nitrogens with one attached hydrogen (secondary N) is 1. The average Bonchev–Trinajstić information content (AvgIpc) is 3.20. The van der Waals surface area contributed by atoms with Crippen LogP contribution in [0.25, 0.3) is 11.3 Å². The van der Waals surface area contributed by atoms with E-state index < -0.39 is 0 Å². The fourth-order valence-electron chi connectivity index (χ4n) is 2.69. The molecule has 0 unspecified atom stereocenters. The number of rotatable bonds is 7. The summed E-state index contributed by atoms with van der Waals surface area (Å²) in [5.41, 5.74) is 4.37. The second-order valence-corrected chi connectivity index (χ2v) is 5.78. The van der Waals surface area contributed by atoms with Gasteiger partial charge in [0, 0.05) is 18.2 Å². The molecule has 0 bridgehead atoms. The minimum Gasteiger partial charge on any atom is -0.469 e. The quantitative estimate of drug-likeness (QED) is 0.696. The Kier molecular flexibility index (Phi) is 5.01. The normalized spacial score (nSPS) is 11.0. The summed E-state index contributed by atoms with van der Waals surface area (Å²) in [4.78, 5) is 0. The molecule has 3 rings (SSSR count). The molecule has 0 saturated heterocycles. The van der Waals surface area contributed by atoms with Gasteiger partial charge in [-0.3, -0.25) is 0 Å². The Balaban J connectivity index is 1.78. The van der Waals surface area contributed by atoms with Gasteiger partial charge in [0.05, 0.1) is 25.1 Å². The predicted molar refractivity (Wildman–Crippen MR) is 94.9 cm³/mol. The highest BCUT2D eigenvalue weighted by molar-refractivity contribution is 5.64. The van der Waals surface area contributed by atoms with Crippen LogP contribution in [0.15, 0.2) is 47.1 Å². The number of hydrogen-bond acceptors (Lipinski definition) is 4. The lowest BCUT2D eigenvalue weighted by molar-refractivity contribution is 0.270. The smallest absolute Gasteiger partial charge is 0.125 e. The van der Waals surface area contributed by atoms with Gasteiger partial charge >= 0.3 is 0 Å². The number of aliphatic hydroxyl groups excluding tert-OH is 1. The molecule has 0 fully saturated rings. The molecule has 0 amide bonds. The van der Waals surface area contributed by atoms with Gasteiger partial charge in [-0.15, -0.1) is 0 Å². The maximum Gasteiger partial charge on any atom is 0.125 e. The Labute approximate surface area is 141 Å². The maximum atomic E-state index is 9.27. The molecule has 126 valence electrons. The second-order valence-electron chi connectivity index (χ2n) is 5.78. The van der Waals surface area contributed by atoms with Gasteiger partial charge in [0.25, 0.3) is 0 Å². The highest BCUT2D eigenvalue weighted by Gasteiger charge is 2.12. The maximum absolute atomic E-state index is 9.27. The lowest BCUT2D eigenvalue weighted by Gasteiger charge is -2.09. The zero-order chi connectivity index (χ0) is 16.9. The fourth-order valence-corrected chi connectivity index (χ4v) is 2.69. The first-order valence-electron chi connectivity index (χ1n) is 8.26. The lowest BCUT2D eigenvalue weighted by atomic mass is 10.1. The van der Waals surface area contributed by atoms with Crippen molar-refractivity contribution in [1.82, 2.24) is 9.78 Å². The molecular weight excluding hydrogens is 302 g/mol. The molecule has 2 N–H and O–H groups in total. The van der Waals surface area contributed by atoms with Gasteiger partial charge in [-0.25, -0.2) is 4.68 Å². The minimum atomic E-state index is 0.0470. The van der Waals surface area contributed by atoms with Crippen molar-refractivity contribution in [2.24, 2.45) is 0 Å². The van der Waals surface area contributed by atoms with Crippen LogP contribution in [-0.4, -0.2) is 21.5 Å². The molecule has 1 aromatic carbocycles. The van der Waals surface area contributed by atoms with Crippen LogP contribution in [-0.2, 0) is 19.5 Å². The van der Waals surface area contributed by atoms with Crippen molar-refractivity contribution < 1.29 is 9.52 Å². The highest BCUT2D eigenvalue weighted by Crippen LogP contribution is 2.26. The molecular formula is C19H23N3O2. The first kappa shape index (κ1) is 16.3. The van der Waals surface area contributed by atoms with E-state index in [4.69, 9.17) is 4.42 Å². The summed E-state index contributed by atoms with van der Waals surface area (Å²) < 4.78 is 7.15. The Morgan fingerprint density at radius 1 is 1.17 bits per heavy atom. The average molecular weight is 325 g/mol. The molecule has 3 aromatic rings. The van der Waals surface area contributed by atoms with E-state index in [9.17, 15) is 5.11 Å². The molecule has 0 aliphatic heterocycles. The summed E-state index contributed by atoms with van der Waals surface area (Å²) in [5, 5.41) is 17.3. The van der Waals surface area contributed by atoms with Crippen molar-refractivity contribution in [2.45, 2.75) is 33.4 Å². The predicted octanol–water partition coefficient (Wildman–Crippen LogP) is 3.62. The van der Waals surface area contributed by atoms with E-state index in [1.165, 1.54) is 11.1 Å². The van der Waals surface area contributed by atoms with Gasteiger partial charge in [-0.1, -0.05) is 31.2 Å². The summed E-state index contributed by atoms with van der Waals surface area (Å²) in [5.74, 6) is 1.73. The van der Waals surface area contributed by atoms with Gasteiger partial charge in [0.1, 0.15) is 11.6 Å². The number of hydrogen-bond donors (Lipinski definition) is 2. The summed E-state index contributed by atoms with van der Waals surface area (Å²) in [6.45, 7) is 5.28. The molecule has 5 heteroatoms. The van der Waals surface area contributed by atoms with E-state index in [1.807, 2.05) is 19.1 Å². The summed E-state index contributed by atoms with van der Waals surface area (Å²) in [7, 11) is 0. The molecule has 0 saturated carbocycles. The zero-order valence-electron chi connectivity index (χ0n) is 14.1. The van der Waals surface area contributed by atoms with Crippen molar-refractivity contribution in [1.29, 1.82) is 0 Å².